The number of rotatable bonds is 3. The van der Waals surface area contributed by atoms with Crippen molar-refractivity contribution in [1.29, 1.82) is 0 Å². The normalized spacial score (nSPS) is 14.6. The minimum atomic E-state index is -0.355. The Morgan fingerprint density at radius 2 is 1.95 bits per heavy atom. The number of carbonyl (C=O) groups excluding carboxylic acids is 1. The third kappa shape index (κ3) is 6.53. The van der Waals surface area contributed by atoms with Crippen LogP contribution in [0, 0.1) is 10.1 Å². The standard InChI is InChI=1S/C10H13N3O2.C5H10O2/c14-13(15)10-3-1-2-9(8-10)12-6-4-11-5-7-12;1-5(2,3)7-4-6/h1-3,8,11H,4-7H2;4H,1-3H3. The molecule has 0 unspecified atom stereocenters. The van der Waals surface area contributed by atoms with Gasteiger partial charge in [0.25, 0.3) is 12.2 Å². The monoisotopic (exact) mass is 309 g/mol. The molecule has 1 N–H and O–H groups in total. The Morgan fingerprint density at radius 1 is 1.32 bits per heavy atom. The molecule has 1 aliphatic heterocycles. The number of hydrogen-bond acceptors (Lipinski definition) is 6. The van der Waals surface area contributed by atoms with Crippen LogP contribution in [0.2, 0.25) is 0 Å². The number of carbonyl (C=O) groups is 1. The Labute approximate surface area is 130 Å². The lowest BCUT2D eigenvalue weighted by Crippen LogP contribution is -2.43. The molecular formula is C15H23N3O4. The van der Waals surface area contributed by atoms with Gasteiger partial charge in [0.2, 0.25) is 0 Å². The summed E-state index contributed by atoms with van der Waals surface area (Å²) in [6, 6.07) is 6.80. The summed E-state index contributed by atoms with van der Waals surface area (Å²) in [4.78, 5) is 22.0. The van der Waals surface area contributed by atoms with E-state index in [0.29, 0.717) is 6.47 Å². The molecule has 1 heterocycles. The summed E-state index contributed by atoms with van der Waals surface area (Å²) < 4.78 is 4.55. The summed E-state index contributed by atoms with van der Waals surface area (Å²) >= 11 is 0. The fourth-order valence-electron chi connectivity index (χ4n) is 1.87. The van der Waals surface area contributed by atoms with Crippen LogP contribution in [0.25, 0.3) is 0 Å². The van der Waals surface area contributed by atoms with Crippen molar-refractivity contribution < 1.29 is 14.5 Å². The van der Waals surface area contributed by atoms with E-state index >= 15 is 0 Å². The molecule has 0 atom stereocenters. The molecule has 0 bridgehead atoms. The summed E-state index contributed by atoms with van der Waals surface area (Å²) in [6.45, 7) is 9.60. The molecule has 7 heteroatoms. The zero-order chi connectivity index (χ0) is 16.6. The number of benzene rings is 1. The molecule has 0 radical (unpaired) electrons. The summed E-state index contributed by atoms with van der Waals surface area (Å²) in [5.41, 5.74) is 0.776. The van der Waals surface area contributed by atoms with E-state index in [1.165, 1.54) is 6.07 Å². The van der Waals surface area contributed by atoms with Crippen molar-refractivity contribution in [3.63, 3.8) is 0 Å². The number of anilines is 1. The molecule has 2 rings (SSSR count). The maximum Gasteiger partial charge on any atom is 0.293 e. The highest BCUT2D eigenvalue weighted by Gasteiger charge is 2.13. The molecule has 1 aromatic rings. The molecule has 0 amide bonds. The van der Waals surface area contributed by atoms with Crippen molar-refractivity contribution in [2.75, 3.05) is 31.1 Å². The van der Waals surface area contributed by atoms with E-state index < -0.39 is 0 Å². The lowest BCUT2D eigenvalue weighted by Gasteiger charge is -2.29. The topological polar surface area (TPSA) is 84.7 Å². The predicted molar refractivity (Wildman–Crippen MR) is 85.1 cm³/mol. The second-order valence-corrected chi connectivity index (χ2v) is 5.84. The van der Waals surface area contributed by atoms with Gasteiger partial charge < -0.3 is 15.0 Å². The van der Waals surface area contributed by atoms with E-state index in [1.807, 2.05) is 26.8 Å². The summed E-state index contributed by atoms with van der Waals surface area (Å²) in [5, 5.41) is 13.9. The molecule has 22 heavy (non-hydrogen) atoms. The molecule has 1 aliphatic rings. The molecule has 1 saturated heterocycles. The Hall–Kier alpha value is -2.15. The Bertz CT molecular complexity index is 494. The van der Waals surface area contributed by atoms with Crippen LogP contribution < -0.4 is 10.2 Å². The predicted octanol–water partition coefficient (Wildman–Crippen LogP) is 1.96. The van der Waals surface area contributed by atoms with Gasteiger partial charge in [0.05, 0.1) is 4.92 Å². The van der Waals surface area contributed by atoms with Crippen LogP contribution in [0.1, 0.15) is 20.8 Å². The molecule has 0 spiro atoms. The van der Waals surface area contributed by atoms with Crippen molar-refractivity contribution in [3.8, 4) is 0 Å². The van der Waals surface area contributed by atoms with Gasteiger partial charge in [-0.3, -0.25) is 14.9 Å². The van der Waals surface area contributed by atoms with Crippen LogP contribution in [0.3, 0.4) is 0 Å². The smallest absolute Gasteiger partial charge is 0.293 e. The van der Waals surface area contributed by atoms with Crippen LogP contribution in [0.4, 0.5) is 11.4 Å². The maximum absolute atomic E-state index is 10.6. The number of nitro benzene ring substituents is 1. The van der Waals surface area contributed by atoms with Gasteiger partial charge in [0.15, 0.2) is 0 Å². The zero-order valence-corrected chi connectivity index (χ0v) is 13.2. The van der Waals surface area contributed by atoms with Gasteiger partial charge >= 0.3 is 0 Å². The Balaban J connectivity index is 0.000000295. The molecule has 1 fully saturated rings. The van der Waals surface area contributed by atoms with Crippen molar-refractivity contribution in [1.82, 2.24) is 5.32 Å². The third-order valence-electron chi connectivity index (χ3n) is 2.92. The first kappa shape index (κ1) is 17.9. The van der Waals surface area contributed by atoms with Crippen molar-refractivity contribution in [2.45, 2.75) is 26.4 Å². The molecule has 122 valence electrons. The summed E-state index contributed by atoms with van der Waals surface area (Å²) in [5.74, 6) is 0. The number of nitrogens with zero attached hydrogens (tertiary/aromatic N) is 2. The van der Waals surface area contributed by atoms with Gasteiger partial charge in [-0.25, -0.2) is 0 Å². The van der Waals surface area contributed by atoms with Crippen LogP contribution >= 0.6 is 0 Å². The number of ether oxygens (including phenoxy) is 1. The fraction of sp³-hybridized carbons (Fsp3) is 0.533. The van der Waals surface area contributed by atoms with E-state index in [2.05, 4.69) is 15.0 Å². The van der Waals surface area contributed by atoms with E-state index in [-0.39, 0.29) is 16.2 Å². The number of nitro groups is 1. The quantitative estimate of drug-likeness (QED) is 0.522. The molecule has 0 aliphatic carbocycles. The van der Waals surface area contributed by atoms with Gasteiger partial charge in [0, 0.05) is 44.0 Å². The highest BCUT2D eigenvalue weighted by atomic mass is 16.6. The molecule has 1 aromatic carbocycles. The highest BCUT2D eigenvalue weighted by Crippen LogP contribution is 2.21. The van der Waals surface area contributed by atoms with Crippen LogP contribution in [-0.4, -0.2) is 43.2 Å². The van der Waals surface area contributed by atoms with E-state index in [0.717, 1.165) is 31.9 Å². The first-order valence-corrected chi connectivity index (χ1v) is 7.15. The van der Waals surface area contributed by atoms with Crippen molar-refractivity contribution in [3.05, 3.63) is 34.4 Å². The second-order valence-electron chi connectivity index (χ2n) is 5.84. The first-order valence-electron chi connectivity index (χ1n) is 7.15. The van der Waals surface area contributed by atoms with Gasteiger partial charge in [-0.2, -0.15) is 0 Å². The minimum absolute atomic E-state index is 0.158. The van der Waals surface area contributed by atoms with Crippen molar-refractivity contribution >= 4 is 17.8 Å². The Morgan fingerprint density at radius 3 is 2.41 bits per heavy atom. The molecule has 0 aromatic heterocycles. The number of piperazine rings is 1. The van der Waals surface area contributed by atoms with E-state index in [1.54, 1.807) is 12.1 Å². The second kappa shape index (κ2) is 8.33. The van der Waals surface area contributed by atoms with Gasteiger partial charge in [0.1, 0.15) is 5.60 Å². The zero-order valence-electron chi connectivity index (χ0n) is 13.2. The summed E-state index contributed by atoms with van der Waals surface area (Å²) in [7, 11) is 0. The minimum Gasteiger partial charge on any atom is -0.462 e. The lowest BCUT2D eigenvalue weighted by molar-refractivity contribution is -0.384. The van der Waals surface area contributed by atoms with Crippen LogP contribution in [0.15, 0.2) is 24.3 Å². The molecule has 7 nitrogen and oxygen atoms in total. The SMILES string of the molecule is CC(C)(C)OC=O.O=[N+]([O-])c1cccc(N2CCNCC2)c1. The number of hydrogen-bond donors (Lipinski definition) is 1. The van der Waals surface area contributed by atoms with E-state index in [9.17, 15) is 14.9 Å². The third-order valence-corrected chi connectivity index (χ3v) is 2.92. The van der Waals surface area contributed by atoms with Gasteiger partial charge in [-0.05, 0) is 26.8 Å². The van der Waals surface area contributed by atoms with Crippen molar-refractivity contribution in [2.24, 2.45) is 0 Å². The maximum atomic E-state index is 10.6. The highest BCUT2D eigenvalue weighted by molar-refractivity contribution is 5.53. The van der Waals surface area contributed by atoms with Gasteiger partial charge in [-0.1, -0.05) is 6.07 Å². The fourth-order valence-corrected chi connectivity index (χ4v) is 1.87. The number of nitrogens with one attached hydrogen (secondary N) is 1. The average Bonchev–Trinajstić information content (AvgIpc) is 2.48. The van der Waals surface area contributed by atoms with E-state index in [4.69, 9.17) is 0 Å². The Kier molecular flexibility index (Phi) is 6.78. The largest absolute Gasteiger partial charge is 0.462 e. The average molecular weight is 309 g/mol. The van der Waals surface area contributed by atoms with Crippen LogP contribution in [-0.2, 0) is 9.53 Å². The molecular weight excluding hydrogens is 286 g/mol. The molecule has 0 saturated carbocycles. The van der Waals surface area contributed by atoms with Crippen LogP contribution in [0.5, 0.6) is 0 Å². The first-order chi connectivity index (χ1) is 10.3. The van der Waals surface area contributed by atoms with Gasteiger partial charge in [-0.15, -0.1) is 0 Å². The number of non-ortho nitro benzene ring substituents is 1. The summed E-state index contributed by atoms with van der Waals surface area (Å²) in [6.07, 6.45) is 0. The lowest BCUT2D eigenvalue weighted by atomic mass is 10.2.